The molecule has 0 spiro atoms. The number of amides is 1. The highest BCUT2D eigenvalue weighted by atomic mass is 16.3. The fourth-order valence-electron chi connectivity index (χ4n) is 7.04. The first-order valence-corrected chi connectivity index (χ1v) is 13.7. The number of benzene rings is 2. The highest BCUT2D eigenvalue weighted by Gasteiger charge is 2.64. The average molecular weight is 562 g/mol. The number of nitrogens with zero attached hydrogens (tertiary/aromatic N) is 2. The molecule has 216 valence electrons. The average Bonchev–Trinajstić information content (AvgIpc) is 2.91. The minimum absolute atomic E-state index is 0.0402. The van der Waals surface area contributed by atoms with Crippen LogP contribution < -0.4 is 10.6 Å². The van der Waals surface area contributed by atoms with E-state index in [1.54, 1.807) is 20.2 Å². The predicted octanol–water partition coefficient (Wildman–Crippen LogP) is 2.48. The number of hydrogen-bond donors (Lipinski definition) is 5. The predicted molar refractivity (Wildman–Crippen MR) is 153 cm³/mol. The lowest BCUT2D eigenvalue weighted by molar-refractivity contribution is -0.153. The van der Waals surface area contributed by atoms with E-state index in [0.717, 1.165) is 29.9 Å². The molecule has 3 aliphatic carbocycles. The molecule has 0 aromatic heterocycles. The number of aromatic hydroxyl groups is 1. The van der Waals surface area contributed by atoms with Crippen molar-refractivity contribution < 1.29 is 34.8 Å². The van der Waals surface area contributed by atoms with Crippen LogP contribution in [0, 0.1) is 11.8 Å². The highest BCUT2D eigenvalue weighted by molar-refractivity contribution is 6.24. The first kappa shape index (κ1) is 28.4. The van der Waals surface area contributed by atoms with E-state index in [0.29, 0.717) is 5.56 Å². The number of aliphatic hydroxyl groups excluding tert-OH is 2. The number of anilines is 1. The van der Waals surface area contributed by atoms with Crippen molar-refractivity contribution in [2.75, 3.05) is 32.1 Å². The van der Waals surface area contributed by atoms with Gasteiger partial charge < -0.3 is 31.1 Å². The van der Waals surface area contributed by atoms with Gasteiger partial charge in [0.15, 0.2) is 11.4 Å². The van der Waals surface area contributed by atoms with Gasteiger partial charge in [-0.15, -0.1) is 0 Å². The van der Waals surface area contributed by atoms with E-state index in [1.807, 2.05) is 24.3 Å². The lowest BCUT2D eigenvalue weighted by Gasteiger charge is -2.50. The molecule has 4 atom stereocenters. The van der Waals surface area contributed by atoms with Crippen molar-refractivity contribution in [1.29, 1.82) is 0 Å². The van der Waals surface area contributed by atoms with Gasteiger partial charge in [-0.05, 0) is 70.0 Å². The number of para-hydroxylation sites is 1. The maximum Gasteiger partial charge on any atom is 0.255 e. The molecular weight excluding hydrogens is 526 g/mol. The number of carbonyl (C=O) groups excluding carboxylic acids is 3. The molecule has 1 saturated carbocycles. The second-order valence-corrected chi connectivity index (χ2v) is 11.1. The molecule has 0 radical (unpaired) electrons. The van der Waals surface area contributed by atoms with Crippen molar-refractivity contribution in [3.05, 3.63) is 64.4 Å². The van der Waals surface area contributed by atoms with Crippen molar-refractivity contribution in [2.45, 2.75) is 38.3 Å². The zero-order valence-electron chi connectivity index (χ0n) is 23.5. The van der Waals surface area contributed by atoms with Crippen molar-refractivity contribution in [2.24, 2.45) is 17.6 Å². The summed E-state index contributed by atoms with van der Waals surface area (Å²) >= 11 is 0. The van der Waals surface area contributed by atoms with Crippen molar-refractivity contribution in [3.8, 4) is 16.9 Å². The largest absolute Gasteiger partial charge is 0.508 e. The Morgan fingerprint density at radius 1 is 1.02 bits per heavy atom. The summed E-state index contributed by atoms with van der Waals surface area (Å²) in [4.78, 5) is 43.2. The molecule has 0 heterocycles. The fraction of sp³-hybridized carbons (Fsp3) is 0.387. The van der Waals surface area contributed by atoms with Gasteiger partial charge in [-0.3, -0.25) is 19.3 Å². The molecule has 10 nitrogen and oxygen atoms in total. The van der Waals surface area contributed by atoms with Crippen molar-refractivity contribution in [1.82, 2.24) is 4.90 Å². The number of aliphatic hydroxyl groups is 3. The summed E-state index contributed by atoms with van der Waals surface area (Å²) in [5, 5.41) is 45.2. The number of Topliss-reactive ketones (excluding diaryl/α,β-unsaturated/α-hetero) is 2. The van der Waals surface area contributed by atoms with Crippen LogP contribution in [0.1, 0.15) is 31.4 Å². The fourth-order valence-corrected chi connectivity index (χ4v) is 7.04. The molecule has 3 aliphatic rings. The second-order valence-electron chi connectivity index (χ2n) is 11.1. The van der Waals surface area contributed by atoms with Crippen LogP contribution in [0.25, 0.3) is 16.9 Å². The lowest BCUT2D eigenvalue weighted by atomic mass is 9.57. The van der Waals surface area contributed by atoms with Gasteiger partial charge in [-0.25, -0.2) is 0 Å². The number of hydrogen-bond acceptors (Lipinski definition) is 9. The van der Waals surface area contributed by atoms with E-state index in [2.05, 4.69) is 18.7 Å². The molecule has 5 rings (SSSR count). The van der Waals surface area contributed by atoms with E-state index >= 15 is 0 Å². The SMILES string of the molecule is CCN(CC)c1ccccc1-c1ccc(O)c2c1CC1CC3[C@H](N(C)C)C(=O)C(C(N)=O)=C(O)[C@@]3(O)C(=O)C1=C2O. The first-order valence-electron chi connectivity index (χ1n) is 13.7. The molecule has 1 fully saturated rings. The number of phenolic OH excluding ortho intramolecular Hbond substituents is 1. The summed E-state index contributed by atoms with van der Waals surface area (Å²) in [6.07, 6.45) is 0.267. The zero-order chi connectivity index (χ0) is 30.0. The highest BCUT2D eigenvalue weighted by Crippen LogP contribution is 2.54. The molecule has 41 heavy (non-hydrogen) atoms. The molecule has 1 amide bonds. The number of nitrogens with two attached hydrogens (primary N) is 1. The van der Waals surface area contributed by atoms with Crippen LogP contribution in [0.5, 0.6) is 5.75 Å². The number of rotatable bonds is 6. The Morgan fingerprint density at radius 3 is 2.29 bits per heavy atom. The number of likely N-dealkylation sites (N-methyl/N-ethyl adjacent to an activating group) is 1. The van der Waals surface area contributed by atoms with Crippen molar-refractivity contribution in [3.63, 3.8) is 0 Å². The van der Waals surface area contributed by atoms with Crippen molar-refractivity contribution >= 4 is 28.9 Å². The lowest BCUT2D eigenvalue weighted by Crippen LogP contribution is -2.65. The third-order valence-corrected chi connectivity index (χ3v) is 8.90. The molecule has 2 aromatic rings. The number of carbonyl (C=O) groups is 3. The molecule has 2 unspecified atom stereocenters. The van der Waals surface area contributed by atoms with E-state index in [4.69, 9.17) is 5.73 Å². The van der Waals surface area contributed by atoms with E-state index < -0.39 is 58.0 Å². The van der Waals surface area contributed by atoms with Crippen LogP contribution in [0.15, 0.2) is 53.3 Å². The van der Waals surface area contributed by atoms with Gasteiger partial charge in [-0.2, -0.15) is 0 Å². The van der Waals surface area contributed by atoms with Gasteiger partial charge in [0.05, 0.1) is 11.6 Å². The third kappa shape index (κ3) is 3.96. The minimum Gasteiger partial charge on any atom is -0.508 e. The monoisotopic (exact) mass is 561 g/mol. The molecule has 2 aromatic carbocycles. The number of fused-ring (bicyclic) bond motifs is 3. The molecule has 0 aliphatic heterocycles. The van der Waals surface area contributed by atoms with Gasteiger partial charge >= 0.3 is 0 Å². The van der Waals surface area contributed by atoms with Gasteiger partial charge in [-0.1, -0.05) is 24.3 Å². The van der Waals surface area contributed by atoms with E-state index in [-0.39, 0.29) is 29.7 Å². The Morgan fingerprint density at radius 2 is 1.68 bits per heavy atom. The molecule has 0 saturated heterocycles. The zero-order valence-corrected chi connectivity index (χ0v) is 23.5. The van der Waals surface area contributed by atoms with E-state index in [1.165, 1.54) is 11.0 Å². The smallest absolute Gasteiger partial charge is 0.255 e. The van der Waals surface area contributed by atoms with Gasteiger partial charge in [0.1, 0.15) is 22.8 Å². The number of ketones is 2. The number of primary amides is 1. The Kier molecular flexibility index (Phi) is 6.95. The van der Waals surface area contributed by atoms with Crippen LogP contribution in [0.3, 0.4) is 0 Å². The summed E-state index contributed by atoms with van der Waals surface area (Å²) < 4.78 is 0. The minimum atomic E-state index is -2.66. The third-order valence-electron chi connectivity index (χ3n) is 8.90. The van der Waals surface area contributed by atoms with Crippen LogP contribution in [-0.2, 0) is 20.8 Å². The maximum atomic E-state index is 14.0. The Bertz CT molecular complexity index is 1540. The molecule has 6 N–H and O–H groups in total. The molecule has 10 heteroatoms. The topological polar surface area (TPSA) is 165 Å². The number of phenols is 1. The quantitative estimate of drug-likeness (QED) is 0.333. The second kappa shape index (κ2) is 10.0. The van der Waals surface area contributed by atoms with Gasteiger partial charge in [0, 0.05) is 35.8 Å². The normalized spacial score (nSPS) is 25.7. The standard InChI is InChI=1S/C31H35N3O7/c1-5-34(6-2)20-10-8-7-9-17(20)16-11-12-21(35)23-18(16)13-15-14-19-25(33(3)4)27(37)24(30(32)40)29(39)31(19,41)28(38)22(15)26(23)36/h7-12,15,19,25,35-36,39,41H,5-6,13-14H2,1-4H3,(H2,32,40)/t15?,19?,25-,31-/m0/s1. The summed E-state index contributed by atoms with van der Waals surface area (Å²) in [5.74, 6) is -6.66. The maximum absolute atomic E-state index is 14.0. The summed E-state index contributed by atoms with van der Waals surface area (Å²) in [7, 11) is 3.15. The molecule has 0 bridgehead atoms. The van der Waals surface area contributed by atoms with Crippen LogP contribution in [0.4, 0.5) is 5.69 Å². The van der Waals surface area contributed by atoms with Crippen LogP contribution in [0.2, 0.25) is 0 Å². The summed E-state index contributed by atoms with van der Waals surface area (Å²) in [6.45, 7) is 5.65. The van der Waals surface area contributed by atoms with E-state index in [9.17, 15) is 34.8 Å². The first-order chi connectivity index (χ1) is 19.4. The van der Waals surface area contributed by atoms with Gasteiger partial charge in [0.25, 0.3) is 5.91 Å². The van der Waals surface area contributed by atoms with Crippen LogP contribution in [-0.4, -0.2) is 81.6 Å². The van der Waals surface area contributed by atoms with Crippen LogP contribution >= 0.6 is 0 Å². The summed E-state index contributed by atoms with van der Waals surface area (Å²) in [6, 6.07) is 9.96. The Balaban J connectivity index is 1.74. The van der Waals surface area contributed by atoms with Gasteiger partial charge in [0.2, 0.25) is 5.78 Å². The molecular formula is C31H35N3O7. The Labute approximate surface area is 238 Å². The summed E-state index contributed by atoms with van der Waals surface area (Å²) in [5.41, 5.74) is 5.10. The Hall–Kier alpha value is -4.15.